The number of amides is 1. The van der Waals surface area contributed by atoms with Gasteiger partial charge in [-0.25, -0.2) is 0 Å². The SMILES string of the molecule is CC(C)=C(C)C1C(=O)N(C)CCc2ccccc21. The predicted octanol–water partition coefficient (Wildman–Crippen LogP) is 3.14. The Bertz CT molecular complexity index is 498. The highest BCUT2D eigenvalue weighted by Gasteiger charge is 2.30. The zero-order valence-corrected chi connectivity index (χ0v) is 11.7. The Balaban J connectivity index is 2.59. The number of hydrogen-bond donors (Lipinski definition) is 0. The molecule has 1 aliphatic rings. The molecule has 1 aromatic rings. The van der Waals surface area contributed by atoms with E-state index >= 15 is 0 Å². The van der Waals surface area contributed by atoms with E-state index in [1.54, 1.807) is 0 Å². The van der Waals surface area contributed by atoms with Crippen LogP contribution in [0.25, 0.3) is 0 Å². The summed E-state index contributed by atoms with van der Waals surface area (Å²) in [5, 5.41) is 0. The first-order valence-electron chi connectivity index (χ1n) is 6.49. The molecule has 0 spiro atoms. The van der Waals surface area contributed by atoms with Gasteiger partial charge in [0.05, 0.1) is 5.92 Å². The molecule has 2 rings (SSSR count). The minimum absolute atomic E-state index is 0.0984. The third-order valence-electron chi connectivity index (χ3n) is 3.93. The zero-order chi connectivity index (χ0) is 13.3. The molecule has 1 aromatic carbocycles. The molecule has 0 saturated carbocycles. The molecule has 0 saturated heterocycles. The normalized spacial score (nSPS) is 19.2. The Hall–Kier alpha value is -1.57. The molecular weight excluding hydrogens is 222 g/mol. The van der Waals surface area contributed by atoms with Crippen molar-refractivity contribution in [2.45, 2.75) is 33.1 Å². The lowest BCUT2D eigenvalue weighted by Crippen LogP contribution is -2.31. The summed E-state index contributed by atoms with van der Waals surface area (Å²) in [6, 6.07) is 8.34. The predicted molar refractivity (Wildman–Crippen MR) is 74.6 cm³/mol. The number of rotatable bonds is 1. The lowest BCUT2D eigenvalue weighted by atomic mass is 9.86. The Morgan fingerprint density at radius 2 is 1.89 bits per heavy atom. The lowest BCUT2D eigenvalue weighted by molar-refractivity contribution is -0.130. The summed E-state index contributed by atoms with van der Waals surface area (Å²) >= 11 is 0. The van der Waals surface area contributed by atoms with Gasteiger partial charge in [0.1, 0.15) is 0 Å². The first-order chi connectivity index (χ1) is 8.52. The van der Waals surface area contributed by atoms with E-state index in [1.807, 2.05) is 18.0 Å². The molecule has 0 bridgehead atoms. The van der Waals surface area contributed by atoms with E-state index in [1.165, 1.54) is 22.3 Å². The number of fused-ring (bicyclic) bond motifs is 1. The van der Waals surface area contributed by atoms with Crippen LogP contribution in [0.15, 0.2) is 35.4 Å². The average molecular weight is 243 g/mol. The molecule has 0 aromatic heterocycles. The van der Waals surface area contributed by atoms with Crippen LogP contribution in [0.2, 0.25) is 0 Å². The van der Waals surface area contributed by atoms with Crippen LogP contribution in [-0.4, -0.2) is 24.4 Å². The van der Waals surface area contributed by atoms with Gasteiger partial charge in [0, 0.05) is 13.6 Å². The van der Waals surface area contributed by atoms with Crippen molar-refractivity contribution in [2.75, 3.05) is 13.6 Å². The minimum atomic E-state index is -0.0984. The quantitative estimate of drug-likeness (QED) is 0.694. The maximum atomic E-state index is 12.5. The monoisotopic (exact) mass is 243 g/mol. The molecule has 2 heteroatoms. The highest BCUT2D eigenvalue weighted by molar-refractivity contribution is 5.87. The first kappa shape index (κ1) is 12.9. The average Bonchev–Trinajstić information content (AvgIpc) is 2.48. The van der Waals surface area contributed by atoms with E-state index in [0.717, 1.165) is 13.0 Å². The Morgan fingerprint density at radius 1 is 1.22 bits per heavy atom. The van der Waals surface area contributed by atoms with Gasteiger partial charge in [0.2, 0.25) is 5.91 Å². The number of carbonyl (C=O) groups is 1. The minimum Gasteiger partial charge on any atom is -0.345 e. The van der Waals surface area contributed by atoms with Crippen molar-refractivity contribution in [1.29, 1.82) is 0 Å². The Morgan fingerprint density at radius 3 is 2.56 bits per heavy atom. The van der Waals surface area contributed by atoms with Gasteiger partial charge in [0.15, 0.2) is 0 Å². The molecule has 0 fully saturated rings. The van der Waals surface area contributed by atoms with Crippen LogP contribution in [0.4, 0.5) is 0 Å². The summed E-state index contributed by atoms with van der Waals surface area (Å²) in [7, 11) is 1.90. The van der Waals surface area contributed by atoms with Crippen LogP contribution in [0.5, 0.6) is 0 Å². The highest BCUT2D eigenvalue weighted by Crippen LogP contribution is 2.33. The summed E-state index contributed by atoms with van der Waals surface area (Å²) in [4.78, 5) is 14.4. The summed E-state index contributed by atoms with van der Waals surface area (Å²) in [6.45, 7) is 7.04. The molecule has 18 heavy (non-hydrogen) atoms. The Labute approximate surface area is 109 Å². The standard InChI is InChI=1S/C16H21NO/c1-11(2)12(3)15-14-8-6-5-7-13(14)9-10-17(4)16(15)18/h5-8,15H,9-10H2,1-4H3. The number of carbonyl (C=O) groups excluding carboxylic acids is 1. The molecule has 0 N–H and O–H groups in total. The number of nitrogens with zero attached hydrogens (tertiary/aromatic N) is 1. The van der Waals surface area contributed by atoms with Gasteiger partial charge < -0.3 is 4.90 Å². The number of hydrogen-bond acceptors (Lipinski definition) is 1. The number of likely N-dealkylation sites (N-methyl/N-ethyl adjacent to an activating group) is 1. The van der Waals surface area contributed by atoms with Crippen molar-refractivity contribution in [3.63, 3.8) is 0 Å². The first-order valence-corrected chi connectivity index (χ1v) is 6.49. The van der Waals surface area contributed by atoms with Gasteiger partial charge in [-0.15, -0.1) is 0 Å². The maximum Gasteiger partial charge on any atom is 0.233 e. The van der Waals surface area contributed by atoms with Gasteiger partial charge in [-0.05, 0) is 38.3 Å². The zero-order valence-electron chi connectivity index (χ0n) is 11.7. The van der Waals surface area contributed by atoms with Crippen LogP contribution in [0, 0.1) is 0 Å². The molecule has 2 nitrogen and oxygen atoms in total. The van der Waals surface area contributed by atoms with Crippen LogP contribution < -0.4 is 0 Å². The second-order valence-corrected chi connectivity index (χ2v) is 5.32. The lowest BCUT2D eigenvalue weighted by Gasteiger charge is -2.22. The molecule has 96 valence electrons. The fraction of sp³-hybridized carbons (Fsp3) is 0.438. The van der Waals surface area contributed by atoms with E-state index < -0.39 is 0 Å². The van der Waals surface area contributed by atoms with Gasteiger partial charge in [-0.2, -0.15) is 0 Å². The second-order valence-electron chi connectivity index (χ2n) is 5.32. The summed E-state index contributed by atoms with van der Waals surface area (Å²) in [5.74, 6) is 0.123. The third-order valence-corrected chi connectivity index (χ3v) is 3.93. The van der Waals surface area contributed by atoms with E-state index in [-0.39, 0.29) is 11.8 Å². The van der Waals surface area contributed by atoms with Gasteiger partial charge in [-0.3, -0.25) is 4.79 Å². The van der Waals surface area contributed by atoms with Gasteiger partial charge in [0.25, 0.3) is 0 Å². The molecule has 1 aliphatic heterocycles. The van der Waals surface area contributed by atoms with Crippen molar-refractivity contribution < 1.29 is 4.79 Å². The van der Waals surface area contributed by atoms with Crippen molar-refractivity contribution in [2.24, 2.45) is 0 Å². The summed E-state index contributed by atoms with van der Waals surface area (Å²) in [5.41, 5.74) is 4.91. The summed E-state index contributed by atoms with van der Waals surface area (Å²) < 4.78 is 0. The van der Waals surface area contributed by atoms with Crippen molar-refractivity contribution >= 4 is 5.91 Å². The van der Waals surface area contributed by atoms with Crippen LogP contribution in [0.1, 0.15) is 37.8 Å². The van der Waals surface area contributed by atoms with Crippen LogP contribution >= 0.6 is 0 Å². The summed E-state index contributed by atoms with van der Waals surface area (Å²) in [6.07, 6.45) is 0.949. The molecule has 1 amide bonds. The van der Waals surface area contributed by atoms with E-state index in [0.29, 0.717) is 0 Å². The van der Waals surface area contributed by atoms with Crippen molar-refractivity contribution in [3.05, 3.63) is 46.5 Å². The fourth-order valence-electron chi connectivity index (χ4n) is 2.50. The Kier molecular flexibility index (Phi) is 3.55. The van der Waals surface area contributed by atoms with E-state index in [4.69, 9.17) is 0 Å². The van der Waals surface area contributed by atoms with Gasteiger partial charge in [-0.1, -0.05) is 35.4 Å². The number of allylic oxidation sites excluding steroid dienone is 1. The largest absolute Gasteiger partial charge is 0.345 e. The second kappa shape index (κ2) is 4.97. The molecular formula is C16H21NO. The highest BCUT2D eigenvalue weighted by atomic mass is 16.2. The smallest absolute Gasteiger partial charge is 0.233 e. The molecule has 1 atom stereocenters. The van der Waals surface area contributed by atoms with Crippen molar-refractivity contribution in [1.82, 2.24) is 4.90 Å². The van der Waals surface area contributed by atoms with Crippen molar-refractivity contribution in [3.8, 4) is 0 Å². The van der Waals surface area contributed by atoms with Crippen LogP contribution in [-0.2, 0) is 11.2 Å². The van der Waals surface area contributed by atoms with Crippen LogP contribution in [0.3, 0.4) is 0 Å². The topological polar surface area (TPSA) is 20.3 Å². The number of benzene rings is 1. The fourth-order valence-corrected chi connectivity index (χ4v) is 2.50. The maximum absolute atomic E-state index is 12.5. The molecule has 1 heterocycles. The van der Waals surface area contributed by atoms with E-state index in [9.17, 15) is 4.79 Å². The molecule has 1 unspecified atom stereocenters. The molecule has 0 aliphatic carbocycles. The third kappa shape index (κ3) is 2.20. The molecule has 0 radical (unpaired) electrons. The van der Waals surface area contributed by atoms with Gasteiger partial charge >= 0.3 is 0 Å². The van der Waals surface area contributed by atoms with E-state index in [2.05, 4.69) is 39.0 Å².